The molecule has 30 heavy (non-hydrogen) atoms. The fourth-order valence-corrected chi connectivity index (χ4v) is 3.45. The maximum Gasteiger partial charge on any atom is 0.408 e. The molecule has 0 unspecified atom stereocenters. The van der Waals surface area contributed by atoms with Gasteiger partial charge in [0.2, 0.25) is 5.91 Å². The van der Waals surface area contributed by atoms with E-state index in [4.69, 9.17) is 4.74 Å². The summed E-state index contributed by atoms with van der Waals surface area (Å²) in [7, 11) is 3.89. The predicted molar refractivity (Wildman–Crippen MR) is 117 cm³/mol. The predicted octanol–water partition coefficient (Wildman–Crippen LogP) is 3.27. The number of alkyl carbamates (subject to hydrolysis) is 1. The van der Waals surface area contributed by atoms with Gasteiger partial charge in [-0.1, -0.05) is 18.2 Å². The van der Waals surface area contributed by atoms with Crippen molar-refractivity contribution in [2.75, 3.05) is 0 Å². The number of aromatic nitrogens is 2. The zero-order chi connectivity index (χ0) is 21.9. The number of rotatable bonds is 6. The molecule has 7 nitrogen and oxygen atoms in total. The lowest BCUT2D eigenvalue weighted by molar-refractivity contribution is -0.123. The van der Waals surface area contributed by atoms with Crippen LogP contribution in [-0.4, -0.2) is 32.8 Å². The van der Waals surface area contributed by atoms with E-state index in [-0.39, 0.29) is 5.91 Å². The highest BCUT2D eigenvalue weighted by Gasteiger charge is 2.26. The Morgan fingerprint density at radius 2 is 1.80 bits per heavy atom. The summed E-state index contributed by atoms with van der Waals surface area (Å²) in [6.45, 7) is 5.76. The number of hydrogen-bond acceptors (Lipinski definition) is 3. The van der Waals surface area contributed by atoms with Crippen LogP contribution in [0.25, 0.3) is 10.9 Å². The van der Waals surface area contributed by atoms with Gasteiger partial charge in [-0.05, 0) is 44.5 Å². The average Bonchev–Trinajstić information content (AvgIpc) is 3.21. The van der Waals surface area contributed by atoms with Crippen LogP contribution in [0.1, 0.15) is 32.0 Å². The van der Waals surface area contributed by atoms with Gasteiger partial charge in [-0.3, -0.25) is 4.79 Å². The molecule has 3 aromatic rings. The fraction of sp³-hybridized carbons (Fsp3) is 0.391. The van der Waals surface area contributed by atoms with E-state index in [2.05, 4.69) is 10.6 Å². The Morgan fingerprint density at radius 3 is 2.47 bits per heavy atom. The molecular weight excluding hydrogens is 380 g/mol. The van der Waals surface area contributed by atoms with Gasteiger partial charge >= 0.3 is 6.09 Å². The van der Waals surface area contributed by atoms with Crippen LogP contribution >= 0.6 is 0 Å². The van der Waals surface area contributed by atoms with Crippen molar-refractivity contribution in [2.24, 2.45) is 14.1 Å². The van der Waals surface area contributed by atoms with Crippen LogP contribution in [-0.2, 0) is 36.6 Å². The number of carbonyl (C=O) groups excluding carboxylic acids is 2. The summed E-state index contributed by atoms with van der Waals surface area (Å²) in [5.41, 5.74) is 2.40. The van der Waals surface area contributed by atoms with Crippen LogP contribution in [0.15, 0.2) is 48.8 Å². The molecule has 0 aliphatic carbocycles. The highest BCUT2D eigenvalue weighted by atomic mass is 16.6. The molecule has 7 heteroatoms. The van der Waals surface area contributed by atoms with E-state index >= 15 is 0 Å². The normalized spacial score (nSPS) is 12.6. The molecule has 0 aliphatic heterocycles. The Balaban J connectivity index is 1.80. The number of nitrogens with one attached hydrogen (secondary N) is 2. The van der Waals surface area contributed by atoms with Gasteiger partial charge in [-0.15, -0.1) is 0 Å². The Bertz CT molecular complexity index is 1040. The van der Waals surface area contributed by atoms with Crippen molar-refractivity contribution in [1.82, 2.24) is 19.8 Å². The summed E-state index contributed by atoms with van der Waals surface area (Å²) in [6.07, 6.45) is 3.67. The first-order valence-corrected chi connectivity index (χ1v) is 10.0. The highest BCUT2D eigenvalue weighted by molar-refractivity contribution is 5.88. The standard InChI is InChI=1S/C23H30N4O3/c1-23(2,3)30-22(29)25-19(21(28)24-14-17-9-8-12-26(17)4)13-16-15-27(5)20-11-7-6-10-18(16)20/h6-12,15,19H,13-14H2,1-5H3,(H,24,28)(H,25,29)/t19-/m1/s1. The third-order valence-corrected chi connectivity index (χ3v) is 4.91. The molecule has 0 aliphatic rings. The van der Waals surface area contributed by atoms with Gasteiger partial charge in [0.15, 0.2) is 0 Å². The summed E-state index contributed by atoms with van der Waals surface area (Å²) in [4.78, 5) is 25.4. The largest absolute Gasteiger partial charge is 0.444 e. The number of benzene rings is 1. The molecule has 2 amide bonds. The lowest BCUT2D eigenvalue weighted by atomic mass is 10.0. The van der Waals surface area contributed by atoms with Gasteiger partial charge in [0.05, 0.1) is 6.54 Å². The SMILES string of the molecule is Cn1cccc1CNC(=O)[C@@H](Cc1cn(C)c2ccccc12)NC(=O)OC(C)(C)C. The van der Waals surface area contributed by atoms with Crippen LogP contribution in [0.3, 0.4) is 0 Å². The van der Waals surface area contributed by atoms with Crippen LogP contribution in [0, 0.1) is 0 Å². The summed E-state index contributed by atoms with van der Waals surface area (Å²) < 4.78 is 9.35. The molecule has 3 rings (SSSR count). The van der Waals surface area contributed by atoms with Crippen molar-refractivity contribution in [1.29, 1.82) is 0 Å². The summed E-state index contributed by atoms with van der Waals surface area (Å²) in [5, 5.41) is 6.75. The highest BCUT2D eigenvalue weighted by Crippen LogP contribution is 2.22. The van der Waals surface area contributed by atoms with Crippen molar-refractivity contribution in [3.8, 4) is 0 Å². The first kappa shape index (κ1) is 21.5. The molecule has 2 aromatic heterocycles. The minimum absolute atomic E-state index is 0.255. The van der Waals surface area contributed by atoms with Crippen LogP contribution in [0.4, 0.5) is 4.79 Å². The minimum atomic E-state index is -0.758. The second-order valence-corrected chi connectivity index (χ2v) is 8.51. The van der Waals surface area contributed by atoms with E-state index in [0.717, 1.165) is 22.2 Å². The Hall–Kier alpha value is -3.22. The number of hydrogen-bond donors (Lipinski definition) is 2. The lowest BCUT2D eigenvalue weighted by Crippen LogP contribution is -2.49. The summed E-state index contributed by atoms with van der Waals surface area (Å²) >= 11 is 0. The number of aryl methyl sites for hydroxylation is 2. The van der Waals surface area contributed by atoms with E-state index in [1.165, 1.54) is 0 Å². The third-order valence-electron chi connectivity index (χ3n) is 4.91. The first-order valence-electron chi connectivity index (χ1n) is 10.0. The molecule has 2 heterocycles. The molecule has 1 aromatic carbocycles. The van der Waals surface area contributed by atoms with E-state index in [9.17, 15) is 9.59 Å². The number of fused-ring (bicyclic) bond motifs is 1. The van der Waals surface area contributed by atoms with Gasteiger partial charge in [0, 0.05) is 49.5 Å². The summed E-state index contributed by atoms with van der Waals surface area (Å²) in [6, 6.07) is 11.1. The van der Waals surface area contributed by atoms with Gasteiger partial charge in [0.1, 0.15) is 11.6 Å². The average molecular weight is 411 g/mol. The minimum Gasteiger partial charge on any atom is -0.444 e. The van der Waals surface area contributed by atoms with Gasteiger partial charge < -0.3 is 24.5 Å². The van der Waals surface area contributed by atoms with Crippen molar-refractivity contribution >= 4 is 22.9 Å². The molecule has 2 N–H and O–H groups in total. The molecule has 0 saturated carbocycles. The van der Waals surface area contributed by atoms with E-state index in [1.54, 1.807) is 20.8 Å². The molecule has 0 saturated heterocycles. The lowest BCUT2D eigenvalue weighted by Gasteiger charge is -2.23. The summed E-state index contributed by atoms with van der Waals surface area (Å²) in [5.74, 6) is -0.255. The van der Waals surface area contributed by atoms with Gasteiger partial charge in [-0.25, -0.2) is 4.79 Å². The second-order valence-electron chi connectivity index (χ2n) is 8.51. The second kappa shape index (κ2) is 8.65. The van der Waals surface area contributed by atoms with Crippen LogP contribution in [0.5, 0.6) is 0 Å². The van der Waals surface area contributed by atoms with Crippen LogP contribution < -0.4 is 10.6 Å². The number of amides is 2. The molecule has 0 bridgehead atoms. The Labute approximate surface area is 177 Å². The first-order chi connectivity index (χ1) is 14.1. The number of para-hydroxylation sites is 1. The molecule has 1 atom stereocenters. The molecule has 0 fully saturated rings. The molecule has 0 radical (unpaired) electrons. The fourth-order valence-electron chi connectivity index (χ4n) is 3.45. The monoisotopic (exact) mass is 410 g/mol. The van der Waals surface area contributed by atoms with Crippen molar-refractivity contribution in [3.63, 3.8) is 0 Å². The quantitative estimate of drug-likeness (QED) is 0.655. The van der Waals surface area contributed by atoms with E-state index < -0.39 is 17.7 Å². The topological polar surface area (TPSA) is 77.3 Å². The van der Waals surface area contributed by atoms with Crippen molar-refractivity contribution in [2.45, 2.75) is 45.4 Å². The molecular formula is C23H30N4O3. The van der Waals surface area contributed by atoms with Crippen molar-refractivity contribution in [3.05, 3.63) is 60.0 Å². The molecule has 0 spiro atoms. The van der Waals surface area contributed by atoms with Crippen LogP contribution in [0.2, 0.25) is 0 Å². The zero-order valence-corrected chi connectivity index (χ0v) is 18.2. The number of ether oxygens (including phenoxy) is 1. The number of carbonyl (C=O) groups is 2. The van der Waals surface area contributed by atoms with E-state index in [0.29, 0.717) is 13.0 Å². The van der Waals surface area contributed by atoms with Crippen molar-refractivity contribution < 1.29 is 14.3 Å². The Morgan fingerprint density at radius 1 is 1.07 bits per heavy atom. The third kappa shape index (κ3) is 5.23. The maximum atomic E-state index is 13.0. The van der Waals surface area contributed by atoms with Gasteiger partial charge in [0.25, 0.3) is 0 Å². The molecule has 160 valence electrons. The van der Waals surface area contributed by atoms with Gasteiger partial charge in [-0.2, -0.15) is 0 Å². The zero-order valence-electron chi connectivity index (χ0n) is 18.2. The number of nitrogens with zero attached hydrogens (tertiary/aromatic N) is 2. The smallest absolute Gasteiger partial charge is 0.408 e. The van der Waals surface area contributed by atoms with E-state index in [1.807, 2.05) is 72.0 Å². The maximum absolute atomic E-state index is 13.0. The Kier molecular flexibility index (Phi) is 6.20.